The summed E-state index contributed by atoms with van der Waals surface area (Å²) >= 11 is 0. The van der Waals surface area contributed by atoms with Crippen LogP contribution in [0.5, 0.6) is 0 Å². The van der Waals surface area contributed by atoms with E-state index >= 15 is 0 Å². The van der Waals surface area contributed by atoms with Crippen LogP contribution in [0.4, 0.5) is 0 Å². The molecule has 3 N–H and O–H groups in total. The first-order valence-corrected chi connectivity index (χ1v) is 39.2. The SMILES string of the molecule is CCC(C)CCCCCCCCC(=O)OC[C@H](COP(=O)(O)OC[C@H](O)COP(=O)(O)OC[C@@H](COC(=O)CCCCCCCCCCCCCCCC(C)C)OC(=O)CCCCCCCCCCC(C)C)OC(=O)CCCCCCCCCCCC(C)C. The smallest absolute Gasteiger partial charge is 0.462 e. The summed E-state index contributed by atoms with van der Waals surface area (Å²) in [6.45, 7) is 14.1. The Hall–Kier alpha value is -1.94. The van der Waals surface area contributed by atoms with Crippen molar-refractivity contribution >= 4 is 39.5 Å². The molecule has 0 rings (SSSR count). The minimum atomic E-state index is -4.95. The Morgan fingerprint density at radius 1 is 0.315 bits per heavy atom. The molecule has 89 heavy (non-hydrogen) atoms. The molecule has 0 heterocycles. The van der Waals surface area contributed by atoms with Gasteiger partial charge in [-0.3, -0.25) is 37.3 Å². The predicted octanol–water partition coefficient (Wildman–Crippen LogP) is 19.7. The Kier molecular flexibility index (Phi) is 58.5. The van der Waals surface area contributed by atoms with Gasteiger partial charge in [0.1, 0.15) is 19.3 Å². The van der Waals surface area contributed by atoms with E-state index in [1.165, 1.54) is 141 Å². The molecule has 0 amide bonds. The van der Waals surface area contributed by atoms with Crippen molar-refractivity contribution in [3.05, 3.63) is 0 Å². The number of hydrogen-bond donors (Lipinski definition) is 3. The Morgan fingerprint density at radius 2 is 0.539 bits per heavy atom. The number of carbonyl (C=O) groups is 4. The van der Waals surface area contributed by atoms with E-state index in [4.69, 9.17) is 37.0 Å². The number of aliphatic hydroxyl groups excluding tert-OH is 1. The number of esters is 4. The highest BCUT2D eigenvalue weighted by molar-refractivity contribution is 7.47. The lowest BCUT2D eigenvalue weighted by Crippen LogP contribution is -2.30. The summed E-state index contributed by atoms with van der Waals surface area (Å²) in [4.78, 5) is 72.5. The van der Waals surface area contributed by atoms with Gasteiger partial charge in [-0.2, -0.15) is 0 Å². The lowest BCUT2D eigenvalue weighted by Gasteiger charge is -2.21. The normalized spacial score (nSPS) is 14.6. The van der Waals surface area contributed by atoms with Gasteiger partial charge in [0.05, 0.1) is 26.4 Å². The fourth-order valence-electron chi connectivity index (χ4n) is 10.5. The molecule has 0 aliphatic heterocycles. The topological polar surface area (TPSA) is 237 Å². The van der Waals surface area contributed by atoms with Crippen molar-refractivity contribution in [2.45, 2.75) is 363 Å². The van der Waals surface area contributed by atoms with Gasteiger partial charge in [0.25, 0.3) is 0 Å². The molecule has 0 saturated carbocycles. The standard InChI is InChI=1S/C70H136O17P2/c1-9-63(8)49-41-33-28-29-35-43-51-68(73)81-57-66(86-69(74)52-44-36-26-19-15-17-23-31-39-47-61(4)5)59-85-89(78,79)83-55-64(71)54-82-88(76,77)84-58-65(87-70(75)53-45-37-27-21-20-24-32-40-48-62(6)7)56-80-67(72)50-42-34-25-18-14-12-10-11-13-16-22-30-38-46-60(2)3/h60-66,71H,9-59H2,1-8H3,(H,76,77)(H,78,79)/t63?,64-,65-,66-/m1/s1. The molecule has 528 valence electrons. The van der Waals surface area contributed by atoms with Crippen molar-refractivity contribution in [1.82, 2.24) is 0 Å². The summed E-state index contributed by atoms with van der Waals surface area (Å²) in [5.41, 5.74) is 0. The highest BCUT2D eigenvalue weighted by atomic mass is 31.2. The second-order valence-electron chi connectivity index (χ2n) is 26.9. The van der Waals surface area contributed by atoms with Crippen LogP contribution in [0.25, 0.3) is 0 Å². The van der Waals surface area contributed by atoms with Gasteiger partial charge in [-0.15, -0.1) is 0 Å². The molecule has 0 radical (unpaired) electrons. The summed E-state index contributed by atoms with van der Waals surface area (Å²) in [7, 11) is -9.90. The van der Waals surface area contributed by atoms with Crippen LogP contribution in [0.3, 0.4) is 0 Å². The molecule has 3 unspecified atom stereocenters. The van der Waals surface area contributed by atoms with E-state index < -0.39 is 97.5 Å². The summed E-state index contributed by atoms with van der Waals surface area (Å²) < 4.78 is 68.3. The second-order valence-corrected chi connectivity index (χ2v) is 29.8. The average Bonchev–Trinajstić information content (AvgIpc) is 3.69. The monoisotopic (exact) mass is 1310 g/mol. The molecule has 19 heteroatoms. The third kappa shape index (κ3) is 63.2. The Bertz CT molecular complexity index is 1770. The van der Waals surface area contributed by atoms with Gasteiger partial charge in [0, 0.05) is 25.7 Å². The largest absolute Gasteiger partial charge is 0.472 e. The minimum absolute atomic E-state index is 0.104. The highest BCUT2D eigenvalue weighted by Gasteiger charge is 2.30. The first-order valence-electron chi connectivity index (χ1n) is 36.2. The third-order valence-corrected chi connectivity index (χ3v) is 18.3. The summed E-state index contributed by atoms with van der Waals surface area (Å²) in [6, 6.07) is 0. The molecule has 0 aromatic carbocycles. The Labute approximate surface area is 543 Å². The van der Waals surface area contributed by atoms with Gasteiger partial charge in [-0.05, 0) is 49.4 Å². The number of rotatable bonds is 67. The fraction of sp³-hybridized carbons (Fsp3) is 0.943. The molecule has 0 aliphatic carbocycles. The Balaban J connectivity index is 5.24. The van der Waals surface area contributed by atoms with E-state index in [0.717, 1.165) is 120 Å². The molecule has 0 aliphatic rings. The van der Waals surface area contributed by atoms with E-state index in [2.05, 4.69) is 55.4 Å². The van der Waals surface area contributed by atoms with Crippen LogP contribution in [0.15, 0.2) is 0 Å². The van der Waals surface area contributed by atoms with Crippen LogP contribution in [0.1, 0.15) is 344 Å². The van der Waals surface area contributed by atoms with Gasteiger partial charge < -0.3 is 33.8 Å². The lowest BCUT2D eigenvalue weighted by molar-refractivity contribution is -0.161. The minimum Gasteiger partial charge on any atom is -0.462 e. The van der Waals surface area contributed by atoms with Crippen LogP contribution in [-0.4, -0.2) is 96.7 Å². The number of ether oxygens (including phenoxy) is 4. The van der Waals surface area contributed by atoms with Crippen molar-refractivity contribution in [2.24, 2.45) is 23.7 Å². The number of phosphoric ester groups is 2. The second kappa shape index (κ2) is 59.8. The average molecular weight is 1310 g/mol. The van der Waals surface area contributed by atoms with E-state index in [1.54, 1.807) is 0 Å². The molecular weight excluding hydrogens is 1170 g/mol. The van der Waals surface area contributed by atoms with Gasteiger partial charge in [0.15, 0.2) is 12.2 Å². The maximum atomic E-state index is 13.0. The number of unbranched alkanes of at least 4 members (excludes halogenated alkanes) is 32. The van der Waals surface area contributed by atoms with Crippen LogP contribution < -0.4 is 0 Å². The fourth-order valence-corrected chi connectivity index (χ4v) is 12.0. The van der Waals surface area contributed by atoms with Crippen molar-refractivity contribution in [2.75, 3.05) is 39.6 Å². The summed E-state index contributed by atoms with van der Waals surface area (Å²) in [5.74, 6) is 0.845. The van der Waals surface area contributed by atoms with E-state index in [9.17, 15) is 43.2 Å². The summed E-state index contributed by atoms with van der Waals surface area (Å²) in [5, 5.41) is 10.6. The van der Waals surface area contributed by atoms with Gasteiger partial charge in [0.2, 0.25) is 0 Å². The lowest BCUT2D eigenvalue weighted by atomic mass is 10.00. The quantitative estimate of drug-likeness (QED) is 0.0222. The van der Waals surface area contributed by atoms with Crippen LogP contribution in [0, 0.1) is 23.7 Å². The number of hydrogen-bond acceptors (Lipinski definition) is 15. The van der Waals surface area contributed by atoms with Crippen LogP contribution in [0.2, 0.25) is 0 Å². The molecule has 0 fully saturated rings. The van der Waals surface area contributed by atoms with Crippen molar-refractivity contribution in [1.29, 1.82) is 0 Å². The molecule has 0 bridgehead atoms. The highest BCUT2D eigenvalue weighted by Crippen LogP contribution is 2.45. The van der Waals surface area contributed by atoms with Crippen LogP contribution in [-0.2, 0) is 65.4 Å². The molecular formula is C70H136O17P2. The number of phosphoric acid groups is 2. The zero-order valence-corrected chi connectivity index (χ0v) is 59.8. The first-order chi connectivity index (χ1) is 42.6. The molecule has 17 nitrogen and oxygen atoms in total. The van der Waals surface area contributed by atoms with Crippen molar-refractivity contribution < 1.29 is 80.2 Å². The Morgan fingerprint density at radius 3 is 0.798 bits per heavy atom. The zero-order valence-electron chi connectivity index (χ0n) is 58.1. The molecule has 0 aromatic rings. The van der Waals surface area contributed by atoms with Crippen molar-refractivity contribution in [3.63, 3.8) is 0 Å². The first kappa shape index (κ1) is 87.1. The number of carbonyl (C=O) groups excluding carboxylic acids is 4. The maximum absolute atomic E-state index is 13.0. The predicted molar refractivity (Wildman–Crippen MR) is 358 cm³/mol. The van der Waals surface area contributed by atoms with Gasteiger partial charge >= 0.3 is 39.5 Å². The van der Waals surface area contributed by atoms with Gasteiger partial charge in [-0.25, -0.2) is 9.13 Å². The van der Waals surface area contributed by atoms with E-state index in [1.807, 2.05) is 0 Å². The van der Waals surface area contributed by atoms with E-state index in [-0.39, 0.29) is 25.7 Å². The van der Waals surface area contributed by atoms with Gasteiger partial charge in [-0.1, -0.05) is 293 Å². The molecule has 0 spiro atoms. The molecule has 0 aromatic heterocycles. The third-order valence-electron chi connectivity index (χ3n) is 16.4. The summed E-state index contributed by atoms with van der Waals surface area (Å²) in [6.07, 6.45) is 41.8. The zero-order chi connectivity index (χ0) is 66.1. The molecule has 0 saturated heterocycles. The van der Waals surface area contributed by atoms with E-state index in [0.29, 0.717) is 25.7 Å². The molecule has 6 atom stereocenters. The number of aliphatic hydroxyl groups is 1. The van der Waals surface area contributed by atoms with Crippen molar-refractivity contribution in [3.8, 4) is 0 Å². The maximum Gasteiger partial charge on any atom is 0.472 e. The van der Waals surface area contributed by atoms with Crippen LogP contribution >= 0.6 is 15.6 Å².